The summed E-state index contributed by atoms with van der Waals surface area (Å²) in [5, 5.41) is 1.23. The van der Waals surface area contributed by atoms with Crippen molar-refractivity contribution in [3.8, 4) is 0 Å². The Morgan fingerprint density at radius 1 is 1.39 bits per heavy atom. The van der Waals surface area contributed by atoms with Crippen LogP contribution >= 0.6 is 11.8 Å². The molecular weight excluding hydrogens is 318 g/mol. The Hall–Kier alpha value is -2.54. The highest BCUT2D eigenvalue weighted by molar-refractivity contribution is 8.04. The summed E-state index contributed by atoms with van der Waals surface area (Å²) < 4.78 is 10.1. The van der Waals surface area contributed by atoms with Crippen LogP contribution in [0.2, 0.25) is 0 Å². The number of amides is 1. The van der Waals surface area contributed by atoms with E-state index in [0.29, 0.717) is 10.6 Å². The molecule has 1 fully saturated rings. The van der Waals surface area contributed by atoms with E-state index >= 15 is 0 Å². The third-order valence-electron chi connectivity index (χ3n) is 3.36. The van der Waals surface area contributed by atoms with Crippen LogP contribution in [0.4, 0.5) is 0 Å². The molecule has 0 unspecified atom stereocenters. The Balaban J connectivity index is 1.81. The summed E-state index contributed by atoms with van der Waals surface area (Å²) in [5.74, 6) is -0.741. The maximum Gasteiger partial charge on any atom is 0.333 e. The number of benzene rings is 1. The molecule has 1 aromatic heterocycles. The van der Waals surface area contributed by atoms with E-state index in [1.165, 1.54) is 29.8 Å². The zero-order valence-corrected chi connectivity index (χ0v) is 13.1. The van der Waals surface area contributed by atoms with Crippen molar-refractivity contribution < 1.29 is 23.5 Å². The van der Waals surface area contributed by atoms with Crippen molar-refractivity contribution >= 4 is 40.4 Å². The third-order valence-corrected chi connectivity index (χ3v) is 4.38. The molecule has 1 saturated heterocycles. The summed E-state index contributed by atoms with van der Waals surface area (Å²) in [4.78, 5) is 36.9. The molecular formula is C16H13NO5S. The van der Waals surface area contributed by atoms with Gasteiger partial charge in [-0.2, -0.15) is 0 Å². The van der Waals surface area contributed by atoms with Crippen molar-refractivity contribution in [2.24, 2.45) is 0 Å². The molecule has 0 aliphatic carbocycles. The number of fused-ring (bicyclic) bond motifs is 1. The molecule has 0 atom stereocenters. The van der Waals surface area contributed by atoms with Crippen LogP contribution in [0.1, 0.15) is 10.6 Å². The Kier molecular flexibility index (Phi) is 4.20. The van der Waals surface area contributed by atoms with Crippen LogP contribution in [0.3, 0.4) is 0 Å². The lowest BCUT2D eigenvalue weighted by molar-refractivity contribution is -0.134. The average Bonchev–Trinajstić information content (AvgIpc) is 3.13. The number of esters is 1. The zero-order chi connectivity index (χ0) is 16.4. The number of carbonyl (C=O) groups is 3. The van der Waals surface area contributed by atoms with Crippen LogP contribution in [0, 0.1) is 0 Å². The van der Waals surface area contributed by atoms with Gasteiger partial charge in [0.05, 0.1) is 30.5 Å². The lowest BCUT2D eigenvalue weighted by Crippen LogP contribution is -2.30. The molecule has 118 valence electrons. The van der Waals surface area contributed by atoms with E-state index in [9.17, 15) is 14.4 Å². The fourth-order valence-electron chi connectivity index (χ4n) is 2.20. The number of Topliss-reactive ketones (excluding diaryl/α,β-unsaturated/α-hetero) is 1. The smallest absolute Gasteiger partial charge is 0.333 e. The Labute approximate surface area is 136 Å². The number of para-hydroxylation sites is 1. The minimum atomic E-state index is -0.566. The summed E-state index contributed by atoms with van der Waals surface area (Å²) in [6.45, 7) is -0.172. The number of hydrogen-bond acceptors (Lipinski definition) is 6. The summed E-state index contributed by atoms with van der Waals surface area (Å²) in [7, 11) is 1.25. The maximum absolute atomic E-state index is 12.4. The molecule has 0 spiro atoms. The highest BCUT2D eigenvalue weighted by atomic mass is 32.2. The highest BCUT2D eigenvalue weighted by Gasteiger charge is 2.30. The number of methoxy groups -OCH3 is 1. The molecule has 0 N–H and O–H groups in total. The van der Waals surface area contributed by atoms with E-state index in [4.69, 9.17) is 4.42 Å². The van der Waals surface area contributed by atoms with Crippen molar-refractivity contribution in [1.29, 1.82) is 0 Å². The van der Waals surface area contributed by atoms with Gasteiger partial charge in [0.15, 0.2) is 5.76 Å². The monoisotopic (exact) mass is 331 g/mol. The SMILES string of the molecule is COC(=O)/C=C1/SCC(=O)N1CC(=O)c1cc2ccccc2o1. The number of thioether (sulfide) groups is 1. The fraction of sp³-hybridized carbons (Fsp3) is 0.188. The van der Waals surface area contributed by atoms with Crippen molar-refractivity contribution in [2.45, 2.75) is 0 Å². The first kappa shape index (κ1) is 15.4. The van der Waals surface area contributed by atoms with Crippen LogP contribution in [-0.2, 0) is 14.3 Å². The van der Waals surface area contributed by atoms with Crippen LogP contribution in [0.25, 0.3) is 11.0 Å². The molecule has 1 aromatic carbocycles. The minimum absolute atomic E-state index is 0.172. The molecule has 2 heterocycles. The van der Waals surface area contributed by atoms with E-state index in [1.807, 2.05) is 18.2 Å². The van der Waals surface area contributed by atoms with Gasteiger partial charge in [-0.25, -0.2) is 4.79 Å². The summed E-state index contributed by atoms with van der Waals surface area (Å²) in [6.07, 6.45) is 1.21. The van der Waals surface area contributed by atoms with E-state index < -0.39 is 5.97 Å². The molecule has 23 heavy (non-hydrogen) atoms. The van der Waals surface area contributed by atoms with Gasteiger partial charge in [0, 0.05) is 5.39 Å². The van der Waals surface area contributed by atoms with E-state index in [-0.39, 0.29) is 29.7 Å². The fourth-order valence-corrected chi connectivity index (χ4v) is 3.13. The van der Waals surface area contributed by atoms with Gasteiger partial charge < -0.3 is 9.15 Å². The number of ketones is 1. The number of furan rings is 1. The zero-order valence-electron chi connectivity index (χ0n) is 12.3. The van der Waals surface area contributed by atoms with Gasteiger partial charge in [-0.15, -0.1) is 0 Å². The molecule has 0 radical (unpaired) electrons. The van der Waals surface area contributed by atoms with E-state index in [1.54, 1.807) is 12.1 Å². The molecule has 0 bridgehead atoms. The van der Waals surface area contributed by atoms with Gasteiger partial charge in [0.25, 0.3) is 0 Å². The van der Waals surface area contributed by atoms with Crippen molar-refractivity contribution in [1.82, 2.24) is 4.90 Å². The van der Waals surface area contributed by atoms with Gasteiger partial charge in [0.1, 0.15) is 5.58 Å². The van der Waals surface area contributed by atoms with Gasteiger partial charge >= 0.3 is 5.97 Å². The van der Waals surface area contributed by atoms with Gasteiger partial charge in [-0.05, 0) is 12.1 Å². The average molecular weight is 331 g/mol. The second kappa shape index (κ2) is 6.29. The molecule has 1 aliphatic heterocycles. The normalized spacial score (nSPS) is 16.3. The van der Waals surface area contributed by atoms with E-state index in [2.05, 4.69) is 4.74 Å². The Morgan fingerprint density at radius 3 is 2.91 bits per heavy atom. The lowest BCUT2D eigenvalue weighted by Gasteiger charge is -2.14. The van der Waals surface area contributed by atoms with Crippen LogP contribution in [0.15, 0.2) is 45.9 Å². The predicted molar refractivity (Wildman–Crippen MR) is 84.8 cm³/mol. The molecule has 1 aliphatic rings. The minimum Gasteiger partial charge on any atom is -0.466 e. The topological polar surface area (TPSA) is 76.8 Å². The van der Waals surface area contributed by atoms with Crippen LogP contribution in [-0.4, -0.2) is 42.0 Å². The van der Waals surface area contributed by atoms with Gasteiger partial charge in [-0.3, -0.25) is 14.5 Å². The first-order chi connectivity index (χ1) is 11.1. The number of carbonyl (C=O) groups excluding carboxylic acids is 3. The van der Waals surface area contributed by atoms with E-state index in [0.717, 1.165) is 5.39 Å². The number of nitrogens with zero attached hydrogens (tertiary/aromatic N) is 1. The van der Waals surface area contributed by atoms with Crippen molar-refractivity contribution in [3.05, 3.63) is 47.2 Å². The number of rotatable bonds is 4. The molecule has 2 aromatic rings. The molecule has 0 saturated carbocycles. The van der Waals surface area contributed by atoms with Crippen LogP contribution in [0.5, 0.6) is 0 Å². The summed E-state index contributed by atoms with van der Waals surface area (Å²) >= 11 is 1.20. The van der Waals surface area contributed by atoms with Crippen molar-refractivity contribution in [2.75, 3.05) is 19.4 Å². The van der Waals surface area contributed by atoms with Gasteiger partial charge in [-0.1, -0.05) is 30.0 Å². The Morgan fingerprint density at radius 2 is 2.17 bits per heavy atom. The highest BCUT2D eigenvalue weighted by Crippen LogP contribution is 2.29. The maximum atomic E-state index is 12.4. The number of ether oxygens (including phenoxy) is 1. The van der Waals surface area contributed by atoms with Gasteiger partial charge in [0.2, 0.25) is 11.7 Å². The van der Waals surface area contributed by atoms with Crippen molar-refractivity contribution in [3.63, 3.8) is 0 Å². The third kappa shape index (κ3) is 3.14. The second-order valence-electron chi connectivity index (χ2n) is 4.85. The first-order valence-corrected chi connectivity index (χ1v) is 7.81. The standard InChI is InChI=1S/C16H13NO5S/c1-21-16(20)7-15-17(14(19)9-23-15)8-11(18)13-6-10-4-2-3-5-12(10)22-13/h2-7H,8-9H2,1H3/b15-7+. The summed E-state index contributed by atoms with van der Waals surface area (Å²) in [6, 6.07) is 8.93. The molecule has 1 amide bonds. The molecule has 7 heteroatoms. The molecule has 3 rings (SSSR count). The largest absolute Gasteiger partial charge is 0.466 e. The quantitative estimate of drug-likeness (QED) is 0.486. The first-order valence-electron chi connectivity index (χ1n) is 6.83. The Bertz CT molecular complexity index is 790. The van der Waals surface area contributed by atoms with Crippen LogP contribution < -0.4 is 0 Å². The second-order valence-corrected chi connectivity index (χ2v) is 5.84. The molecule has 6 nitrogen and oxygen atoms in total. The lowest BCUT2D eigenvalue weighted by atomic mass is 10.2. The summed E-state index contributed by atoms with van der Waals surface area (Å²) in [5.41, 5.74) is 0.614. The number of hydrogen-bond donors (Lipinski definition) is 0. The predicted octanol–water partition coefficient (Wildman–Crippen LogP) is 2.21.